The number of amides is 1. The van der Waals surface area contributed by atoms with Gasteiger partial charge in [-0.3, -0.25) is 19.5 Å². The molecule has 0 spiro atoms. The summed E-state index contributed by atoms with van der Waals surface area (Å²) in [6, 6.07) is 15.2. The number of thioether (sulfide) groups is 1. The van der Waals surface area contributed by atoms with Gasteiger partial charge >= 0.3 is 5.91 Å². The molecule has 11 heteroatoms. The van der Waals surface area contributed by atoms with E-state index in [1.165, 1.54) is 48.3 Å². The topological polar surface area (TPSA) is 106 Å². The zero-order valence-electron chi connectivity index (χ0n) is 19.4. The maximum atomic E-state index is 13.3. The molecule has 1 saturated heterocycles. The molecule has 3 heterocycles. The van der Waals surface area contributed by atoms with Gasteiger partial charge in [0, 0.05) is 23.7 Å². The summed E-state index contributed by atoms with van der Waals surface area (Å²) in [6.07, 6.45) is 2.97. The number of benzene rings is 2. The number of halogens is 1. The van der Waals surface area contributed by atoms with Crippen LogP contribution in [0.15, 0.2) is 83.0 Å². The molecule has 1 fully saturated rings. The number of anilines is 1. The first-order valence-electron chi connectivity index (χ1n) is 11.0. The maximum Gasteiger partial charge on any atom is 0.301 e. The number of aromatic nitrogens is 3. The molecule has 1 amide bonds. The van der Waals surface area contributed by atoms with Crippen molar-refractivity contribution in [2.45, 2.75) is 16.1 Å². The third kappa shape index (κ3) is 4.95. The zero-order valence-corrected chi connectivity index (χ0v) is 21.0. The number of ether oxygens (including phenoxy) is 1. The van der Waals surface area contributed by atoms with Crippen molar-refractivity contribution in [3.63, 3.8) is 0 Å². The number of aliphatic hydroxyl groups excluding tert-OH is 1. The second-order valence-corrected chi connectivity index (χ2v) is 10.1. The molecule has 1 aliphatic rings. The molecule has 0 radical (unpaired) electrons. The van der Waals surface area contributed by atoms with E-state index in [-0.39, 0.29) is 22.3 Å². The molecule has 2 aromatic heterocycles. The summed E-state index contributed by atoms with van der Waals surface area (Å²) in [6.45, 7) is 0. The van der Waals surface area contributed by atoms with E-state index in [2.05, 4.69) is 15.2 Å². The lowest BCUT2D eigenvalue weighted by molar-refractivity contribution is -0.132. The molecular formula is C26H19FN4O4S2. The SMILES string of the molecule is COc1cccc(C2/C(=C(\O)c3ccncc3)C(=O)C(=O)N2c2nnc(SCc3ccc(F)cc3)s2)c1. The Morgan fingerprint density at radius 1 is 1.11 bits per heavy atom. The van der Waals surface area contributed by atoms with E-state index >= 15 is 0 Å². The lowest BCUT2D eigenvalue weighted by atomic mass is 9.95. The lowest BCUT2D eigenvalue weighted by Crippen LogP contribution is -2.29. The maximum absolute atomic E-state index is 13.3. The van der Waals surface area contributed by atoms with Gasteiger partial charge in [-0.15, -0.1) is 10.2 Å². The fourth-order valence-electron chi connectivity index (χ4n) is 3.91. The standard InChI is InChI=1S/C26H19FN4O4S2/c1-35-19-4-2-3-17(13-19)21-20(22(32)16-9-11-28-12-10-16)23(33)24(34)31(21)25-29-30-26(37-25)36-14-15-5-7-18(27)8-6-15/h2-13,21,32H,14H2,1H3/b22-20+. The number of Topliss-reactive ketones (excluding diaryl/α,β-unsaturated/α-hetero) is 1. The van der Waals surface area contributed by atoms with Crippen LogP contribution in [-0.2, 0) is 15.3 Å². The second kappa shape index (κ2) is 10.5. The molecule has 5 rings (SSSR count). The number of carbonyl (C=O) groups excluding carboxylic acids is 2. The molecule has 1 unspecified atom stereocenters. The quantitative estimate of drug-likeness (QED) is 0.116. The Morgan fingerprint density at radius 3 is 2.59 bits per heavy atom. The Hall–Kier alpha value is -4.09. The van der Waals surface area contributed by atoms with Gasteiger partial charge in [-0.25, -0.2) is 4.39 Å². The second-order valence-electron chi connectivity index (χ2n) is 7.95. The summed E-state index contributed by atoms with van der Waals surface area (Å²) in [7, 11) is 1.52. The molecule has 2 aromatic carbocycles. The predicted octanol–water partition coefficient (Wildman–Crippen LogP) is 5.00. The van der Waals surface area contributed by atoms with E-state index in [1.54, 1.807) is 48.5 Å². The van der Waals surface area contributed by atoms with Crippen molar-refractivity contribution in [2.75, 3.05) is 12.0 Å². The van der Waals surface area contributed by atoms with Crippen molar-refractivity contribution in [1.29, 1.82) is 0 Å². The van der Waals surface area contributed by atoms with Gasteiger partial charge in [0.25, 0.3) is 5.78 Å². The van der Waals surface area contributed by atoms with Crippen LogP contribution in [0.1, 0.15) is 22.7 Å². The third-order valence-corrected chi connectivity index (χ3v) is 7.81. The number of hydrogen-bond acceptors (Lipinski definition) is 9. The number of ketones is 1. The van der Waals surface area contributed by atoms with Gasteiger partial charge in [-0.2, -0.15) is 0 Å². The van der Waals surface area contributed by atoms with E-state index in [4.69, 9.17) is 4.74 Å². The van der Waals surface area contributed by atoms with E-state index < -0.39 is 17.7 Å². The molecule has 8 nitrogen and oxygen atoms in total. The van der Waals surface area contributed by atoms with Crippen molar-refractivity contribution in [3.05, 3.63) is 101 Å². The predicted molar refractivity (Wildman–Crippen MR) is 138 cm³/mol. The Balaban J connectivity index is 1.54. The van der Waals surface area contributed by atoms with Crippen molar-refractivity contribution >= 4 is 45.7 Å². The van der Waals surface area contributed by atoms with Crippen LogP contribution >= 0.6 is 23.1 Å². The molecule has 0 saturated carbocycles. The van der Waals surface area contributed by atoms with Crippen molar-refractivity contribution in [3.8, 4) is 5.75 Å². The molecule has 1 aliphatic heterocycles. The molecule has 37 heavy (non-hydrogen) atoms. The summed E-state index contributed by atoms with van der Waals surface area (Å²) in [5.74, 6) is -1.24. The van der Waals surface area contributed by atoms with E-state index in [1.807, 2.05) is 0 Å². The van der Waals surface area contributed by atoms with Crippen molar-refractivity contribution in [1.82, 2.24) is 15.2 Å². The van der Waals surface area contributed by atoms with Crippen molar-refractivity contribution in [2.24, 2.45) is 0 Å². The molecule has 0 bridgehead atoms. The number of hydrogen-bond donors (Lipinski definition) is 1. The van der Waals surface area contributed by atoms with Crippen LogP contribution < -0.4 is 9.64 Å². The summed E-state index contributed by atoms with van der Waals surface area (Å²) < 4.78 is 19.1. The average molecular weight is 535 g/mol. The van der Waals surface area contributed by atoms with Crippen LogP contribution in [0.4, 0.5) is 9.52 Å². The van der Waals surface area contributed by atoms with Crippen LogP contribution in [0.3, 0.4) is 0 Å². The van der Waals surface area contributed by atoms with Crippen LogP contribution in [0.5, 0.6) is 5.75 Å². The summed E-state index contributed by atoms with van der Waals surface area (Å²) in [4.78, 5) is 31.7. The normalized spacial score (nSPS) is 16.8. The third-order valence-electron chi connectivity index (χ3n) is 5.69. The minimum atomic E-state index is -0.953. The van der Waals surface area contributed by atoms with Crippen LogP contribution in [0.25, 0.3) is 5.76 Å². The Morgan fingerprint density at radius 2 is 1.86 bits per heavy atom. The van der Waals surface area contributed by atoms with Gasteiger partial charge in [-0.1, -0.05) is 47.4 Å². The van der Waals surface area contributed by atoms with Gasteiger partial charge in [0.1, 0.15) is 17.3 Å². The molecule has 4 aromatic rings. The largest absolute Gasteiger partial charge is 0.507 e. The van der Waals surface area contributed by atoms with Gasteiger partial charge in [0.2, 0.25) is 5.13 Å². The molecular weight excluding hydrogens is 515 g/mol. The van der Waals surface area contributed by atoms with Gasteiger partial charge in [0.15, 0.2) is 4.34 Å². The van der Waals surface area contributed by atoms with Crippen molar-refractivity contribution < 1.29 is 23.8 Å². The Kier molecular flexibility index (Phi) is 6.97. The highest BCUT2D eigenvalue weighted by Gasteiger charge is 2.48. The van der Waals surface area contributed by atoms with E-state index in [0.717, 1.165) is 16.9 Å². The highest BCUT2D eigenvalue weighted by Crippen LogP contribution is 2.44. The fraction of sp³-hybridized carbons (Fsp3) is 0.115. The summed E-state index contributed by atoms with van der Waals surface area (Å²) in [5.41, 5.74) is 1.75. The molecule has 1 N–H and O–H groups in total. The van der Waals surface area contributed by atoms with Gasteiger partial charge < -0.3 is 9.84 Å². The highest BCUT2D eigenvalue weighted by molar-refractivity contribution is 8.00. The average Bonchev–Trinajstić information content (AvgIpc) is 3.50. The first-order chi connectivity index (χ1) is 18.0. The fourth-order valence-corrected chi connectivity index (χ4v) is 5.73. The Labute approximate surface area is 219 Å². The summed E-state index contributed by atoms with van der Waals surface area (Å²) >= 11 is 2.53. The van der Waals surface area contributed by atoms with Gasteiger partial charge in [0.05, 0.1) is 18.7 Å². The van der Waals surface area contributed by atoms with Gasteiger partial charge in [-0.05, 0) is 47.5 Å². The van der Waals surface area contributed by atoms with Crippen LogP contribution in [0, 0.1) is 5.82 Å². The van der Waals surface area contributed by atoms with E-state index in [9.17, 15) is 19.1 Å². The number of methoxy groups -OCH3 is 1. The molecule has 0 aliphatic carbocycles. The van der Waals surface area contributed by atoms with Crippen LogP contribution in [-0.4, -0.2) is 39.1 Å². The number of carbonyl (C=O) groups is 2. The highest BCUT2D eigenvalue weighted by atomic mass is 32.2. The van der Waals surface area contributed by atoms with E-state index in [0.29, 0.717) is 27.0 Å². The molecule has 1 atom stereocenters. The molecule has 186 valence electrons. The summed E-state index contributed by atoms with van der Waals surface area (Å²) in [5, 5.41) is 19.7. The zero-order chi connectivity index (χ0) is 25.9. The Bertz CT molecular complexity index is 1490. The number of aliphatic hydroxyl groups is 1. The monoisotopic (exact) mass is 534 g/mol. The van der Waals surface area contributed by atoms with Crippen LogP contribution in [0.2, 0.25) is 0 Å². The number of rotatable bonds is 7. The smallest absolute Gasteiger partial charge is 0.301 e. The minimum absolute atomic E-state index is 0.0693. The first kappa shape index (κ1) is 24.6. The minimum Gasteiger partial charge on any atom is -0.507 e. The number of pyridine rings is 1. The number of nitrogens with zero attached hydrogens (tertiary/aromatic N) is 4. The lowest BCUT2D eigenvalue weighted by Gasteiger charge is -2.22. The first-order valence-corrected chi connectivity index (χ1v) is 12.8.